The van der Waals surface area contributed by atoms with Crippen molar-refractivity contribution in [3.8, 4) is 5.88 Å². The second-order valence-corrected chi connectivity index (χ2v) is 7.50. The minimum absolute atomic E-state index is 0.178. The van der Waals surface area contributed by atoms with Crippen molar-refractivity contribution in [3.63, 3.8) is 0 Å². The van der Waals surface area contributed by atoms with Crippen LogP contribution in [0.5, 0.6) is 5.88 Å². The van der Waals surface area contributed by atoms with Crippen molar-refractivity contribution in [1.29, 1.82) is 0 Å². The maximum atomic E-state index is 12.7. The average Bonchev–Trinajstić information content (AvgIpc) is 3.20. The third kappa shape index (κ3) is 3.67. The highest BCUT2D eigenvalue weighted by atomic mass is 16.5. The van der Waals surface area contributed by atoms with Gasteiger partial charge < -0.3 is 19.7 Å². The van der Waals surface area contributed by atoms with E-state index < -0.39 is 6.09 Å². The Balaban J connectivity index is 1.26. The van der Waals surface area contributed by atoms with Gasteiger partial charge in [0.25, 0.3) is 5.91 Å². The standard InChI is InChI=1S/C21H20N6O4/c28-20(18-24-15-5-1-2-6-16(15)25-18)27-11-14(12-27)31-19-17(22-7-8-23-19)13-4-3-9-26(10-13)21(29)30/h1-2,5-8,10,14H,3-4,9,11-12H2,(H,24,25)(H,29,30). The van der Waals surface area contributed by atoms with Gasteiger partial charge in [-0.15, -0.1) is 0 Å². The molecule has 2 aromatic heterocycles. The number of carboxylic acid groups (broad SMARTS) is 1. The number of fused-ring (bicyclic) bond motifs is 1. The van der Waals surface area contributed by atoms with Crippen molar-refractivity contribution in [2.24, 2.45) is 0 Å². The Labute approximate surface area is 177 Å². The van der Waals surface area contributed by atoms with Crippen LogP contribution in [0.3, 0.4) is 0 Å². The van der Waals surface area contributed by atoms with Gasteiger partial charge in [-0.25, -0.2) is 19.7 Å². The van der Waals surface area contributed by atoms with Gasteiger partial charge in [-0.05, 0) is 30.5 Å². The fourth-order valence-electron chi connectivity index (χ4n) is 3.76. The van der Waals surface area contributed by atoms with E-state index in [4.69, 9.17) is 4.74 Å². The Bertz CT molecular complexity index is 1150. The van der Waals surface area contributed by atoms with Crippen LogP contribution < -0.4 is 4.74 Å². The number of amides is 2. The first kappa shape index (κ1) is 19.0. The smallest absolute Gasteiger partial charge is 0.411 e. The molecule has 158 valence electrons. The van der Waals surface area contributed by atoms with Crippen LogP contribution in [-0.4, -0.2) is 72.6 Å². The molecule has 1 saturated heterocycles. The van der Waals surface area contributed by atoms with Crippen LogP contribution in [0.1, 0.15) is 29.2 Å². The summed E-state index contributed by atoms with van der Waals surface area (Å²) in [5.41, 5.74) is 2.88. The first-order chi connectivity index (χ1) is 15.1. The predicted octanol–water partition coefficient (Wildman–Crippen LogP) is 2.37. The van der Waals surface area contributed by atoms with Crippen LogP contribution in [-0.2, 0) is 0 Å². The highest BCUT2D eigenvalue weighted by molar-refractivity contribution is 5.94. The lowest BCUT2D eigenvalue weighted by molar-refractivity contribution is 0.0149. The SMILES string of the molecule is O=C(O)N1C=C(c2nccnc2OC2CN(C(=O)c3nc4ccccc4[nH]3)C2)CCC1. The molecular weight excluding hydrogens is 400 g/mol. The Kier molecular flexibility index (Phi) is 4.73. The molecule has 0 saturated carbocycles. The summed E-state index contributed by atoms with van der Waals surface area (Å²) in [4.78, 5) is 42.9. The summed E-state index contributed by atoms with van der Waals surface area (Å²) in [6.45, 7) is 1.27. The molecule has 31 heavy (non-hydrogen) atoms. The van der Waals surface area contributed by atoms with Crippen molar-refractivity contribution >= 4 is 28.6 Å². The fourth-order valence-corrected chi connectivity index (χ4v) is 3.76. The van der Waals surface area contributed by atoms with Gasteiger partial charge in [0, 0.05) is 25.1 Å². The number of nitrogens with one attached hydrogen (secondary N) is 1. The van der Waals surface area contributed by atoms with Crippen molar-refractivity contribution < 1.29 is 19.4 Å². The molecule has 0 atom stereocenters. The summed E-state index contributed by atoms with van der Waals surface area (Å²) >= 11 is 0. The van der Waals surface area contributed by atoms with Crippen LogP contribution >= 0.6 is 0 Å². The molecule has 0 spiro atoms. The lowest BCUT2D eigenvalue weighted by Gasteiger charge is -2.38. The molecule has 4 heterocycles. The van der Waals surface area contributed by atoms with E-state index in [0.29, 0.717) is 49.9 Å². The van der Waals surface area contributed by atoms with Gasteiger partial charge in [0.05, 0.1) is 24.1 Å². The molecule has 0 aliphatic carbocycles. The zero-order valence-electron chi connectivity index (χ0n) is 16.6. The number of hydrogen-bond donors (Lipinski definition) is 2. The molecule has 2 amide bonds. The topological polar surface area (TPSA) is 125 Å². The molecule has 2 aliphatic heterocycles. The van der Waals surface area contributed by atoms with E-state index in [1.54, 1.807) is 17.3 Å². The lowest BCUT2D eigenvalue weighted by Crippen LogP contribution is -2.56. The van der Waals surface area contributed by atoms with Gasteiger partial charge in [0.15, 0.2) is 5.82 Å². The van der Waals surface area contributed by atoms with Crippen molar-refractivity contribution in [3.05, 3.63) is 54.4 Å². The number of aromatic amines is 1. The Morgan fingerprint density at radius 2 is 1.97 bits per heavy atom. The third-order valence-electron chi connectivity index (χ3n) is 5.38. The number of H-pyrrole nitrogens is 1. The molecule has 3 aromatic rings. The molecule has 0 radical (unpaired) electrons. The molecule has 1 fully saturated rings. The molecule has 0 bridgehead atoms. The minimum Gasteiger partial charge on any atom is -0.469 e. The summed E-state index contributed by atoms with van der Waals surface area (Å²) in [6.07, 6.45) is 4.86. The summed E-state index contributed by atoms with van der Waals surface area (Å²) in [7, 11) is 0. The molecular formula is C21H20N6O4. The van der Waals surface area contributed by atoms with Gasteiger partial charge >= 0.3 is 6.09 Å². The normalized spacial score (nSPS) is 16.7. The predicted molar refractivity (Wildman–Crippen MR) is 110 cm³/mol. The van der Waals surface area contributed by atoms with Gasteiger partial charge in [0.1, 0.15) is 11.8 Å². The monoisotopic (exact) mass is 420 g/mol. The number of ether oxygens (including phenoxy) is 1. The number of imidazole rings is 1. The molecule has 2 aliphatic rings. The fraction of sp³-hybridized carbons (Fsp3) is 0.286. The van der Waals surface area contributed by atoms with Gasteiger partial charge in [-0.3, -0.25) is 9.69 Å². The Morgan fingerprint density at radius 3 is 2.77 bits per heavy atom. The quantitative estimate of drug-likeness (QED) is 0.664. The van der Waals surface area contributed by atoms with E-state index in [2.05, 4.69) is 19.9 Å². The summed E-state index contributed by atoms with van der Waals surface area (Å²) < 4.78 is 6.00. The van der Waals surface area contributed by atoms with E-state index in [1.807, 2.05) is 24.3 Å². The number of hydrogen-bond acceptors (Lipinski definition) is 6. The third-order valence-corrected chi connectivity index (χ3v) is 5.38. The molecule has 10 nitrogen and oxygen atoms in total. The second-order valence-electron chi connectivity index (χ2n) is 7.50. The first-order valence-electron chi connectivity index (χ1n) is 10.0. The minimum atomic E-state index is -0.998. The summed E-state index contributed by atoms with van der Waals surface area (Å²) in [6, 6.07) is 7.49. The number of aromatic nitrogens is 4. The maximum absolute atomic E-state index is 12.7. The first-order valence-corrected chi connectivity index (χ1v) is 10.0. The van der Waals surface area contributed by atoms with Gasteiger partial charge in [0.2, 0.25) is 5.88 Å². The van der Waals surface area contributed by atoms with Crippen molar-refractivity contribution in [2.45, 2.75) is 18.9 Å². The summed E-state index contributed by atoms with van der Waals surface area (Å²) in [5, 5.41) is 9.26. The number of para-hydroxylation sites is 2. The zero-order valence-corrected chi connectivity index (χ0v) is 16.6. The highest BCUT2D eigenvalue weighted by Crippen LogP contribution is 2.30. The number of nitrogens with zero attached hydrogens (tertiary/aromatic N) is 5. The number of likely N-dealkylation sites (tertiary alicyclic amines) is 1. The lowest BCUT2D eigenvalue weighted by atomic mass is 10.0. The maximum Gasteiger partial charge on any atom is 0.411 e. The van der Waals surface area contributed by atoms with Crippen LogP contribution in [0.15, 0.2) is 42.9 Å². The zero-order chi connectivity index (χ0) is 21.4. The molecule has 1 aromatic carbocycles. The van der Waals surface area contributed by atoms with Crippen molar-refractivity contribution in [1.82, 2.24) is 29.7 Å². The van der Waals surface area contributed by atoms with E-state index in [0.717, 1.165) is 16.6 Å². The average molecular weight is 420 g/mol. The van der Waals surface area contributed by atoms with E-state index in [9.17, 15) is 14.7 Å². The Morgan fingerprint density at radius 1 is 1.16 bits per heavy atom. The van der Waals surface area contributed by atoms with Crippen LogP contribution in [0.25, 0.3) is 16.6 Å². The van der Waals surface area contributed by atoms with Crippen LogP contribution in [0.4, 0.5) is 4.79 Å². The molecule has 10 heteroatoms. The number of carbonyl (C=O) groups is 2. The Hall–Kier alpha value is -3.95. The summed E-state index contributed by atoms with van der Waals surface area (Å²) in [5.74, 6) is 0.477. The van der Waals surface area contributed by atoms with Gasteiger partial charge in [-0.1, -0.05) is 12.1 Å². The van der Waals surface area contributed by atoms with Crippen LogP contribution in [0.2, 0.25) is 0 Å². The van der Waals surface area contributed by atoms with Gasteiger partial charge in [-0.2, -0.15) is 0 Å². The van der Waals surface area contributed by atoms with Crippen LogP contribution in [0, 0.1) is 0 Å². The number of benzene rings is 1. The number of allylic oxidation sites excluding steroid dienone is 1. The van der Waals surface area contributed by atoms with E-state index in [-0.39, 0.29) is 12.0 Å². The van der Waals surface area contributed by atoms with E-state index in [1.165, 1.54) is 11.1 Å². The number of rotatable bonds is 4. The molecule has 2 N–H and O–H groups in total. The second kappa shape index (κ2) is 7.71. The molecule has 0 unspecified atom stereocenters. The van der Waals surface area contributed by atoms with E-state index >= 15 is 0 Å². The largest absolute Gasteiger partial charge is 0.469 e. The number of carbonyl (C=O) groups excluding carboxylic acids is 1. The van der Waals surface area contributed by atoms with Crippen molar-refractivity contribution in [2.75, 3.05) is 19.6 Å². The highest BCUT2D eigenvalue weighted by Gasteiger charge is 2.35. The molecule has 5 rings (SSSR count).